The van der Waals surface area contributed by atoms with Gasteiger partial charge in [-0.15, -0.1) is 0 Å². The lowest BCUT2D eigenvalue weighted by Gasteiger charge is -2.27. The number of para-hydroxylation sites is 1. The van der Waals surface area contributed by atoms with Gasteiger partial charge in [0.15, 0.2) is 0 Å². The van der Waals surface area contributed by atoms with Crippen LogP contribution in [0.4, 0.5) is 0 Å². The van der Waals surface area contributed by atoms with Gasteiger partial charge in [0.1, 0.15) is 18.0 Å². The Morgan fingerprint density at radius 2 is 1.61 bits per heavy atom. The highest BCUT2D eigenvalue weighted by molar-refractivity contribution is 6.05. The van der Waals surface area contributed by atoms with Crippen LogP contribution in [0.1, 0.15) is 66.7 Å². The Kier molecular flexibility index (Phi) is 6.40. The number of rotatable bonds is 5. The second kappa shape index (κ2) is 9.65. The molecule has 0 N–H and O–H groups in total. The number of ether oxygens (including phenoxy) is 2. The number of fused-ring (bicyclic) bond motifs is 3. The first-order valence-electron chi connectivity index (χ1n) is 12.5. The predicted octanol–water partition coefficient (Wildman–Crippen LogP) is 6.67. The smallest absolute Gasteiger partial charge is 0.314 e. The highest BCUT2D eigenvalue weighted by Crippen LogP contribution is 2.40. The molecule has 1 aliphatic carbocycles. The molecule has 184 valence electrons. The van der Waals surface area contributed by atoms with Crippen LogP contribution in [0.25, 0.3) is 10.9 Å². The molecular weight excluding hydrogens is 450 g/mol. The van der Waals surface area contributed by atoms with Crippen LogP contribution < -0.4 is 4.74 Å². The Morgan fingerprint density at radius 3 is 2.33 bits per heavy atom. The number of carbonyl (C=O) groups is 2. The van der Waals surface area contributed by atoms with Crippen LogP contribution >= 0.6 is 0 Å². The number of hydrogen-bond acceptors (Lipinski definition) is 4. The second-order valence-corrected chi connectivity index (χ2v) is 10.3. The molecule has 5 rings (SSSR count). The summed E-state index contributed by atoms with van der Waals surface area (Å²) in [6, 6.07) is 25.1. The Hall–Kier alpha value is -3.86. The Morgan fingerprint density at radius 1 is 0.917 bits per heavy atom. The topological polar surface area (TPSA) is 57.5 Å². The molecule has 1 aromatic heterocycles. The first-order valence-corrected chi connectivity index (χ1v) is 12.5. The highest BCUT2D eigenvalue weighted by Gasteiger charge is 2.35. The molecule has 5 heteroatoms. The fraction of sp³-hybridized carbons (Fsp3) is 0.290. The van der Waals surface area contributed by atoms with Gasteiger partial charge in [-0.25, -0.2) is 0 Å². The summed E-state index contributed by atoms with van der Waals surface area (Å²) in [5, 5.41) is 0.944. The third kappa shape index (κ3) is 4.78. The minimum Gasteiger partial charge on any atom is -0.489 e. The maximum atomic E-state index is 13.8. The fourth-order valence-corrected chi connectivity index (χ4v) is 4.98. The predicted molar refractivity (Wildman–Crippen MR) is 140 cm³/mol. The number of esters is 1. The van der Waals surface area contributed by atoms with Gasteiger partial charge in [0.25, 0.3) is 5.91 Å². The molecule has 1 unspecified atom stereocenters. The summed E-state index contributed by atoms with van der Waals surface area (Å²) in [5.41, 5.74) is 3.77. The molecule has 0 fully saturated rings. The minimum atomic E-state index is -0.562. The molecule has 0 saturated heterocycles. The molecule has 0 amide bonds. The standard InChI is InChI=1S/C31H31NO4/c1-31(2,3)36-30(34)25-13-9-15-27-28(25)24-12-7-8-14-26(24)32(27)29(33)22-16-18-23(19-17-22)35-20-21-10-5-4-6-11-21/h4-8,10-12,14,16-19,25H,9,13,15,20H2,1-3H3. The van der Waals surface area contributed by atoms with E-state index in [1.54, 1.807) is 16.7 Å². The first-order chi connectivity index (χ1) is 17.3. The van der Waals surface area contributed by atoms with Crippen molar-refractivity contribution in [3.63, 3.8) is 0 Å². The van der Waals surface area contributed by atoms with Crippen molar-refractivity contribution in [2.45, 2.75) is 58.2 Å². The average molecular weight is 482 g/mol. The molecule has 1 atom stereocenters. The van der Waals surface area contributed by atoms with Gasteiger partial charge >= 0.3 is 5.97 Å². The number of hydrogen-bond donors (Lipinski definition) is 0. The SMILES string of the molecule is CC(C)(C)OC(=O)C1CCCc2c1c1ccccc1n2C(=O)c1ccc(OCc2ccccc2)cc1. The van der Waals surface area contributed by atoms with Gasteiger partial charge in [0.05, 0.1) is 11.4 Å². The van der Waals surface area contributed by atoms with Crippen LogP contribution in [0, 0.1) is 0 Å². The molecule has 0 spiro atoms. The van der Waals surface area contributed by atoms with Gasteiger partial charge in [-0.2, -0.15) is 0 Å². The highest BCUT2D eigenvalue weighted by atomic mass is 16.6. The Bertz CT molecular complexity index is 1390. The lowest BCUT2D eigenvalue weighted by atomic mass is 9.85. The van der Waals surface area contributed by atoms with E-state index in [1.807, 2.05) is 87.5 Å². The van der Waals surface area contributed by atoms with Crippen LogP contribution in [0.2, 0.25) is 0 Å². The van der Waals surface area contributed by atoms with Crippen LogP contribution in [-0.4, -0.2) is 22.0 Å². The normalized spacial score (nSPS) is 15.4. The van der Waals surface area contributed by atoms with Gasteiger partial charge < -0.3 is 9.47 Å². The largest absolute Gasteiger partial charge is 0.489 e. The molecule has 0 radical (unpaired) electrons. The summed E-state index contributed by atoms with van der Waals surface area (Å²) >= 11 is 0. The molecule has 0 aliphatic heterocycles. The molecule has 5 nitrogen and oxygen atoms in total. The quantitative estimate of drug-likeness (QED) is 0.299. The summed E-state index contributed by atoms with van der Waals surface area (Å²) in [4.78, 5) is 26.9. The number of nitrogens with zero attached hydrogens (tertiary/aromatic N) is 1. The van der Waals surface area contributed by atoms with Gasteiger partial charge in [-0.1, -0.05) is 48.5 Å². The van der Waals surface area contributed by atoms with Gasteiger partial charge in [-0.3, -0.25) is 14.2 Å². The van der Waals surface area contributed by atoms with Crippen LogP contribution in [0.5, 0.6) is 5.75 Å². The second-order valence-electron chi connectivity index (χ2n) is 10.3. The summed E-state index contributed by atoms with van der Waals surface area (Å²) in [6.07, 6.45) is 2.29. The van der Waals surface area contributed by atoms with Gasteiger partial charge in [0.2, 0.25) is 0 Å². The lowest BCUT2D eigenvalue weighted by molar-refractivity contribution is -0.157. The van der Waals surface area contributed by atoms with E-state index >= 15 is 0 Å². The molecule has 1 aliphatic rings. The van der Waals surface area contributed by atoms with E-state index in [-0.39, 0.29) is 17.8 Å². The van der Waals surface area contributed by atoms with Crippen molar-refractivity contribution in [3.8, 4) is 5.75 Å². The van der Waals surface area contributed by atoms with Crippen molar-refractivity contribution in [2.75, 3.05) is 0 Å². The minimum absolute atomic E-state index is 0.105. The van der Waals surface area contributed by atoms with E-state index < -0.39 is 5.60 Å². The van der Waals surface area contributed by atoms with Crippen molar-refractivity contribution in [1.29, 1.82) is 0 Å². The number of benzene rings is 3. The molecule has 1 heterocycles. The Balaban J connectivity index is 1.46. The fourth-order valence-electron chi connectivity index (χ4n) is 4.98. The molecule has 0 saturated carbocycles. The molecule has 3 aromatic carbocycles. The monoisotopic (exact) mass is 481 g/mol. The van der Waals surface area contributed by atoms with E-state index in [9.17, 15) is 9.59 Å². The van der Waals surface area contributed by atoms with E-state index in [0.29, 0.717) is 17.9 Å². The molecular formula is C31H31NO4. The van der Waals surface area contributed by atoms with E-state index in [0.717, 1.165) is 47.0 Å². The summed E-state index contributed by atoms with van der Waals surface area (Å²) in [6.45, 7) is 6.12. The van der Waals surface area contributed by atoms with Gasteiger partial charge in [-0.05, 0) is 81.5 Å². The first kappa shape index (κ1) is 23.9. The van der Waals surface area contributed by atoms with Crippen molar-refractivity contribution in [1.82, 2.24) is 4.57 Å². The molecule has 0 bridgehead atoms. The van der Waals surface area contributed by atoms with E-state index in [1.165, 1.54) is 0 Å². The number of aromatic nitrogens is 1. The van der Waals surface area contributed by atoms with E-state index in [4.69, 9.17) is 9.47 Å². The lowest BCUT2D eigenvalue weighted by Crippen LogP contribution is -2.30. The van der Waals surface area contributed by atoms with E-state index in [2.05, 4.69) is 0 Å². The van der Waals surface area contributed by atoms with Crippen molar-refractivity contribution >= 4 is 22.8 Å². The number of carbonyl (C=O) groups excluding carboxylic acids is 2. The van der Waals surface area contributed by atoms with Crippen LogP contribution in [-0.2, 0) is 22.6 Å². The zero-order valence-corrected chi connectivity index (χ0v) is 21.0. The Labute approximate surface area is 211 Å². The van der Waals surface area contributed by atoms with Crippen molar-refractivity contribution in [2.24, 2.45) is 0 Å². The van der Waals surface area contributed by atoms with Crippen molar-refractivity contribution in [3.05, 3.63) is 101 Å². The van der Waals surface area contributed by atoms with Crippen molar-refractivity contribution < 1.29 is 19.1 Å². The van der Waals surface area contributed by atoms with Crippen LogP contribution in [0.3, 0.4) is 0 Å². The molecule has 4 aromatic rings. The zero-order valence-electron chi connectivity index (χ0n) is 21.0. The third-order valence-corrected chi connectivity index (χ3v) is 6.51. The zero-order chi connectivity index (χ0) is 25.3. The summed E-state index contributed by atoms with van der Waals surface area (Å²) < 4.78 is 13.4. The summed E-state index contributed by atoms with van der Waals surface area (Å²) in [5.74, 6) is 0.00564. The maximum Gasteiger partial charge on any atom is 0.314 e. The van der Waals surface area contributed by atoms with Crippen LogP contribution in [0.15, 0.2) is 78.9 Å². The van der Waals surface area contributed by atoms with Gasteiger partial charge in [0, 0.05) is 16.6 Å². The average Bonchev–Trinajstić information content (AvgIpc) is 3.21. The maximum absolute atomic E-state index is 13.8. The molecule has 36 heavy (non-hydrogen) atoms. The third-order valence-electron chi connectivity index (χ3n) is 6.51. The summed E-state index contributed by atoms with van der Waals surface area (Å²) in [7, 11) is 0.